The highest BCUT2D eigenvalue weighted by molar-refractivity contribution is 9.10. The number of ether oxygens (including phenoxy) is 1. The first kappa shape index (κ1) is 13.9. The van der Waals surface area contributed by atoms with Gasteiger partial charge in [0.2, 0.25) is 0 Å². The van der Waals surface area contributed by atoms with E-state index in [1.807, 2.05) is 43.3 Å². The summed E-state index contributed by atoms with van der Waals surface area (Å²) >= 11 is 13.1. The lowest BCUT2D eigenvalue weighted by Crippen LogP contribution is -1.91. The predicted octanol–water partition coefficient (Wildman–Crippen LogP) is 6.10. The van der Waals surface area contributed by atoms with Crippen LogP contribution in [0.3, 0.4) is 0 Å². The molecular formula is C14H11Br2ClO. The predicted molar refractivity (Wildman–Crippen MR) is 83.0 cm³/mol. The van der Waals surface area contributed by atoms with Crippen molar-refractivity contribution in [3.05, 3.63) is 57.0 Å². The quantitative estimate of drug-likeness (QED) is 0.576. The van der Waals surface area contributed by atoms with E-state index in [1.165, 1.54) is 0 Å². The van der Waals surface area contributed by atoms with E-state index in [2.05, 4.69) is 31.9 Å². The number of aryl methyl sites for hydroxylation is 1. The number of halogens is 3. The molecule has 2 rings (SSSR count). The van der Waals surface area contributed by atoms with Crippen molar-refractivity contribution in [1.29, 1.82) is 0 Å². The molecule has 1 nitrogen and oxygen atoms in total. The number of hydrogen-bond donors (Lipinski definition) is 0. The van der Waals surface area contributed by atoms with Gasteiger partial charge >= 0.3 is 0 Å². The van der Waals surface area contributed by atoms with E-state index < -0.39 is 0 Å². The van der Waals surface area contributed by atoms with Crippen LogP contribution in [-0.4, -0.2) is 0 Å². The summed E-state index contributed by atoms with van der Waals surface area (Å²) in [5, 5.41) is 1.32. The standard InChI is InChI=1S/C14H11Br2ClO/c1-9-7-11(5-6-12(9)16)18-14-10(8-15)3-2-4-13(14)17/h2-7H,8H2,1H3. The highest BCUT2D eigenvalue weighted by Gasteiger charge is 2.09. The summed E-state index contributed by atoms with van der Waals surface area (Å²) in [5.41, 5.74) is 2.16. The van der Waals surface area contributed by atoms with Crippen LogP contribution in [0.5, 0.6) is 11.5 Å². The lowest BCUT2D eigenvalue weighted by atomic mass is 10.2. The molecular weight excluding hydrogens is 379 g/mol. The smallest absolute Gasteiger partial charge is 0.150 e. The minimum absolute atomic E-state index is 0.618. The van der Waals surface area contributed by atoms with Gasteiger partial charge in [-0.05, 0) is 36.8 Å². The molecule has 0 bridgehead atoms. The third-order valence-electron chi connectivity index (χ3n) is 2.54. The Labute approximate surface area is 128 Å². The van der Waals surface area contributed by atoms with Crippen molar-refractivity contribution >= 4 is 43.5 Å². The lowest BCUT2D eigenvalue weighted by molar-refractivity contribution is 0.478. The van der Waals surface area contributed by atoms with Gasteiger partial charge in [0, 0.05) is 15.4 Å². The topological polar surface area (TPSA) is 9.23 Å². The van der Waals surface area contributed by atoms with Gasteiger partial charge in [0.15, 0.2) is 0 Å². The van der Waals surface area contributed by atoms with Gasteiger partial charge in [-0.1, -0.05) is 55.6 Å². The average molecular weight is 391 g/mol. The maximum Gasteiger partial charge on any atom is 0.150 e. The Morgan fingerprint density at radius 3 is 2.67 bits per heavy atom. The zero-order valence-electron chi connectivity index (χ0n) is 9.71. The average Bonchev–Trinajstić information content (AvgIpc) is 2.36. The summed E-state index contributed by atoms with van der Waals surface area (Å²) in [6.45, 7) is 2.02. The first-order valence-corrected chi connectivity index (χ1v) is 7.68. The fourth-order valence-electron chi connectivity index (χ4n) is 1.57. The molecule has 18 heavy (non-hydrogen) atoms. The number of alkyl halides is 1. The Hall–Kier alpha value is -0.510. The molecule has 0 atom stereocenters. The van der Waals surface area contributed by atoms with Gasteiger partial charge in [0.05, 0.1) is 5.02 Å². The van der Waals surface area contributed by atoms with E-state index in [4.69, 9.17) is 16.3 Å². The fourth-order valence-corrected chi connectivity index (χ4v) is 2.49. The van der Waals surface area contributed by atoms with Crippen molar-refractivity contribution < 1.29 is 4.74 Å². The van der Waals surface area contributed by atoms with E-state index in [0.29, 0.717) is 16.1 Å². The molecule has 0 aliphatic heterocycles. The summed E-state index contributed by atoms with van der Waals surface area (Å²) in [5.74, 6) is 1.49. The van der Waals surface area contributed by atoms with Crippen LogP contribution in [0.4, 0.5) is 0 Å². The summed E-state index contributed by atoms with van der Waals surface area (Å²) < 4.78 is 6.95. The summed E-state index contributed by atoms with van der Waals surface area (Å²) in [7, 11) is 0. The highest BCUT2D eigenvalue weighted by atomic mass is 79.9. The fraction of sp³-hybridized carbons (Fsp3) is 0.143. The summed E-state index contributed by atoms with van der Waals surface area (Å²) in [4.78, 5) is 0. The molecule has 4 heteroatoms. The molecule has 94 valence electrons. The van der Waals surface area contributed by atoms with E-state index in [-0.39, 0.29) is 0 Å². The van der Waals surface area contributed by atoms with Gasteiger partial charge in [-0.3, -0.25) is 0 Å². The molecule has 0 aliphatic carbocycles. The monoisotopic (exact) mass is 388 g/mol. The molecule has 0 heterocycles. The minimum Gasteiger partial charge on any atom is -0.455 e. The Morgan fingerprint density at radius 2 is 2.00 bits per heavy atom. The molecule has 0 amide bonds. The van der Waals surface area contributed by atoms with Gasteiger partial charge in [0.25, 0.3) is 0 Å². The molecule has 2 aromatic rings. The van der Waals surface area contributed by atoms with Gasteiger partial charge in [-0.15, -0.1) is 0 Å². The number of benzene rings is 2. The second kappa shape index (κ2) is 6.09. The third-order valence-corrected chi connectivity index (χ3v) is 4.33. The molecule has 0 saturated carbocycles. The van der Waals surface area contributed by atoms with Crippen molar-refractivity contribution in [3.8, 4) is 11.5 Å². The zero-order valence-corrected chi connectivity index (χ0v) is 13.6. The van der Waals surface area contributed by atoms with Crippen molar-refractivity contribution in [3.63, 3.8) is 0 Å². The maximum absolute atomic E-state index is 6.17. The Morgan fingerprint density at radius 1 is 1.22 bits per heavy atom. The van der Waals surface area contributed by atoms with Crippen molar-refractivity contribution in [1.82, 2.24) is 0 Å². The van der Waals surface area contributed by atoms with E-state index in [0.717, 1.165) is 21.3 Å². The Kier molecular flexibility index (Phi) is 4.71. The van der Waals surface area contributed by atoms with Gasteiger partial charge in [0.1, 0.15) is 11.5 Å². The molecule has 0 aromatic heterocycles. The first-order valence-electron chi connectivity index (χ1n) is 5.39. The lowest BCUT2D eigenvalue weighted by Gasteiger charge is -2.12. The second-order valence-corrected chi connectivity index (χ2v) is 5.70. The number of para-hydroxylation sites is 1. The maximum atomic E-state index is 6.17. The summed E-state index contributed by atoms with van der Waals surface area (Å²) in [6.07, 6.45) is 0. The SMILES string of the molecule is Cc1cc(Oc2c(Cl)cccc2CBr)ccc1Br. The summed E-state index contributed by atoms with van der Waals surface area (Å²) in [6, 6.07) is 11.6. The van der Waals surface area contributed by atoms with Crippen LogP contribution in [-0.2, 0) is 5.33 Å². The minimum atomic E-state index is 0.618. The van der Waals surface area contributed by atoms with Crippen molar-refractivity contribution in [2.24, 2.45) is 0 Å². The molecule has 0 fully saturated rings. The van der Waals surface area contributed by atoms with E-state index >= 15 is 0 Å². The van der Waals surface area contributed by atoms with Crippen LogP contribution in [0.25, 0.3) is 0 Å². The zero-order chi connectivity index (χ0) is 13.1. The van der Waals surface area contributed by atoms with E-state index in [9.17, 15) is 0 Å². The molecule has 0 radical (unpaired) electrons. The number of rotatable bonds is 3. The number of hydrogen-bond acceptors (Lipinski definition) is 1. The van der Waals surface area contributed by atoms with Crippen LogP contribution in [0.1, 0.15) is 11.1 Å². The Bertz CT molecular complexity index is 570. The molecule has 0 saturated heterocycles. The van der Waals surface area contributed by atoms with Crippen LogP contribution in [0.15, 0.2) is 40.9 Å². The van der Waals surface area contributed by atoms with E-state index in [1.54, 1.807) is 0 Å². The Balaban J connectivity index is 2.36. The van der Waals surface area contributed by atoms with Crippen LogP contribution in [0.2, 0.25) is 5.02 Å². The largest absolute Gasteiger partial charge is 0.455 e. The van der Waals surface area contributed by atoms with Crippen LogP contribution >= 0.6 is 43.5 Å². The van der Waals surface area contributed by atoms with Gasteiger partial charge in [-0.25, -0.2) is 0 Å². The molecule has 0 unspecified atom stereocenters. The van der Waals surface area contributed by atoms with Crippen LogP contribution in [0, 0.1) is 6.92 Å². The first-order chi connectivity index (χ1) is 8.61. The van der Waals surface area contributed by atoms with Crippen molar-refractivity contribution in [2.45, 2.75) is 12.3 Å². The van der Waals surface area contributed by atoms with Gasteiger partial charge in [-0.2, -0.15) is 0 Å². The molecule has 2 aromatic carbocycles. The van der Waals surface area contributed by atoms with Gasteiger partial charge < -0.3 is 4.74 Å². The normalized spacial score (nSPS) is 10.4. The third kappa shape index (κ3) is 3.08. The highest BCUT2D eigenvalue weighted by Crippen LogP contribution is 2.35. The second-order valence-electron chi connectivity index (χ2n) is 3.87. The van der Waals surface area contributed by atoms with Crippen molar-refractivity contribution in [2.75, 3.05) is 0 Å². The van der Waals surface area contributed by atoms with Crippen LogP contribution < -0.4 is 4.74 Å². The molecule has 0 aliphatic rings. The molecule has 0 N–H and O–H groups in total. The molecule has 0 spiro atoms.